The van der Waals surface area contributed by atoms with Crippen LogP contribution in [0.25, 0.3) is 10.9 Å². The lowest BCUT2D eigenvalue weighted by Gasteiger charge is -2.08. The molecular formula is C13H15NO. The Labute approximate surface area is 89.6 Å². The molecule has 78 valence electrons. The molecule has 0 saturated heterocycles. The van der Waals surface area contributed by atoms with E-state index in [9.17, 15) is 0 Å². The maximum absolute atomic E-state index is 9.00. The van der Waals surface area contributed by atoms with Gasteiger partial charge in [-0.2, -0.15) is 0 Å². The minimum atomic E-state index is 0.241. The van der Waals surface area contributed by atoms with Gasteiger partial charge in [0.15, 0.2) is 0 Å². The summed E-state index contributed by atoms with van der Waals surface area (Å²) in [5.41, 5.74) is 2.29. The van der Waals surface area contributed by atoms with E-state index in [1.165, 1.54) is 10.9 Å². The predicted molar refractivity (Wildman–Crippen MR) is 61.7 cm³/mol. The Morgan fingerprint density at radius 3 is 3.00 bits per heavy atom. The fraction of sp³-hybridized carbons (Fsp3) is 0.308. The third-order valence-electron chi connectivity index (χ3n) is 2.56. The first-order valence-corrected chi connectivity index (χ1v) is 5.24. The molecular weight excluding hydrogens is 186 g/mol. The van der Waals surface area contributed by atoms with Crippen molar-refractivity contribution in [3.05, 3.63) is 42.1 Å². The number of pyridine rings is 1. The Bertz CT molecular complexity index is 453. The summed E-state index contributed by atoms with van der Waals surface area (Å²) in [7, 11) is 0. The lowest BCUT2D eigenvalue weighted by Crippen LogP contribution is -2.04. The maximum Gasteiger partial charge on any atom is 0.0702 e. The van der Waals surface area contributed by atoms with Crippen LogP contribution >= 0.6 is 0 Å². The van der Waals surface area contributed by atoms with Gasteiger partial charge in [-0.15, -0.1) is 0 Å². The number of hydrogen-bond donors (Lipinski definition) is 1. The van der Waals surface area contributed by atoms with Gasteiger partial charge in [-0.05, 0) is 36.1 Å². The van der Waals surface area contributed by atoms with Crippen LogP contribution < -0.4 is 0 Å². The van der Waals surface area contributed by atoms with Crippen LogP contribution in [0, 0.1) is 5.92 Å². The summed E-state index contributed by atoms with van der Waals surface area (Å²) in [5.74, 6) is 0.319. The number of fused-ring (bicyclic) bond motifs is 1. The van der Waals surface area contributed by atoms with Crippen LogP contribution in [-0.2, 0) is 6.42 Å². The van der Waals surface area contributed by atoms with Gasteiger partial charge in [0.1, 0.15) is 0 Å². The first kappa shape index (κ1) is 10.1. The van der Waals surface area contributed by atoms with E-state index in [-0.39, 0.29) is 6.61 Å². The van der Waals surface area contributed by atoms with E-state index in [0.29, 0.717) is 5.92 Å². The summed E-state index contributed by atoms with van der Waals surface area (Å²) in [6.45, 7) is 2.29. The monoisotopic (exact) mass is 201 g/mol. The second kappa shape index (κ2) is 4.41. The molecule has 0 aliphatic rings. The molecule has 2 aromatic rings. The molecule has 2 nitrogen and oxygen atoms in total. The van der Waals surface area contributed by atoms with Crippen LogP contribution in [0.3, 0.4) is 0 Å². The third-order valence-corrected chi connectivity index (χ3v) is 2.56. The van der Waals surface area contributed by atoms with Crippen molar-refractivity contribution in [3.63, 3.8) is 0 Å². The van der Waals surface area contributed by atoms with E-state index in [2.05, 4.69) is 23.2 Å². The smallest absolute Gasteiger partial charge is 0.0702 e. The van der Waals surface area contributed by atoms with Crippen LogP contribution in [0.2, 0.25) is 0 Å². The van der Waals surface area contributed by atoms with E-state index >= 15 is 0 Å². The number of nitrogens with zero attached hydrogens (tertiary/aromatic N) is 1. The van der Waals surface area contributed by atoms with Crippen molar-refractivity contribution < 1.29 is 5.11 Å². The summed E-state index contributed by atoms with van der Waals surface area (Å²) in [6.07, 6.45) is 2.72. The van der Waals surface area contributed by atoms with Gasteiger partial charge in [0.25, 0.3) is 0 Å². The summed E-state index contributed by atoms with van der Waals surface area (Å²) in [4.78, 5) is 4.27. The van der Waals surface area contributed by atoms with Gasteiger partial charge in [-0.25, -0.2) is 0 Å². The highest BCUT2D eigenvalue weighted by Crippen LogP contribution is 2.15. The lowest BCUT2D eigenvalue weighted by atomic mass is 10.0. The molecule has 0 bridgehead atoms. The molecule has 1 atom stereocenters. The van der Waals surface area contributed by atoms with Crippen LogP contribution in [0.4, 0.5) is 0 Å². The zero-order chi connectivity index (χ0) is 10.7. The summed E-state index contributed by atoms with van der Waals surface area (Å²) in [6, 6.07) is 10.3. The number of rotatable bonds is 3. The van der Waals surface area contributed by atoms with Gasteiger partial charge in [0.05, 0.1) is 5.52 Å². The van der Waals surface area contributed by atoms with E-state index < -0.39 is 0 Å². The molecule has 2 rings (SSSR count). The third kappa shape index (κ3) is 2.34. The summed E-state index contributed by atoms with van der Waals surface area (Å²) in [5, 5.41) is 10.2. The highest BCUT2D eigenvalue weighted by molar-refractivity contribution is 5.78. The Hall–Kier alpha value is -1.41. The second-order valence-corrected chi connectivity index (χ2v) is 4.02. The molecule has 0 spiro atoms. The van der Waals surface area contributed by atoms with E-state index in [4.69, 9.17) is 5.11 Å². The lowest BCUT2D eigenvalue weighted by molar-refractivity contribution is 0.237. The van der Waals surface area contributed by atoms with Crippen molar-refractivity contribution in [1.82, 2.24) is 4.98 Å². The van der Waals surface area contributed by atoms with Crippen LogP contribution in [0.15, 0.2) is 36.5 Å². The molecule has 0 aliphatic heterocycles. The molecule has 0 saturated carbocycles. The van der Waals surface area contributed by atoms with Gasteiger partial charge in [0.2, 0.25) is 0 Å². The van der Waals surface area contributed by atoms with Crippen LogP contribution in [0.1, 0.15) is 12.5 Å². The summed E-state index contributed by atoms with van der Waals surface area (Å²) < 4.78 is 0. The van der Waals surface area contributed by atoms with E-state index in [1.807, 2.05) is 19.1 Å². The second-order valence-electron chi connectivity index (χ2n) is 4.02. The van der Waals surface area contributed by atoms with Crippen LogP contribution in [0.5, 0.6) is 0 Å². The molecule has 0 aliphatic carbocycles. The molecule has 15 heavy (non-hydrogen) atoms. The largest absolute Gasteiger partial charge is 0.396 e. The molecule has 1 aromatic carbocycles. The molecule has 0 amide bonds. The first-order valence-electron chi connectivity index (χ1n) is 5.24. The van der Waals surface area contributed by atoms with Crippen molar-refractivity contribution in [1.29, 1.82) is 0 Å². The standard InChI is InChI=1S/C13H15NO/c1-10(9-15)7-11-4-5-13-12(8-11)3-2-6-14-13/h2-6,8,10,15H,7,9H2,1H3. The molecule has 0 fully saturated rings. The van der Waals surface area contributed by atoms with Crippen molar-refractivity contribution in [2.24, 2.45) is 5.92 Å². The minimum absolute atomic E-state index is 0.241. The maximum atomic E-state index is 9.00. The van der Waals surface area contributed by atoms with Gasteiger partial charge in [-0.3, -0.25) is 4.98 Å². The number of aliphatic hydroxyl groups excluding tert-OH is 1. The molecule has 1 aromatic heterocycles. The molecule has 0 radical (unpaired) electrons. The van der Waals surface area contributed by atoms with Crippen LogP contribution in [-0.4, -0.2) is 16.7 Å². The Morgan fingerprint density at radius 1 is 1.33 bits per heavy atom. The van der Waals surface area contributed by atoms with Crippen molar-refractivity contribution in [2.75, 3.05) is 6.61 Å². The fourth-order valence-electron chi connectivity index (χ4n) is 1.72. The number of benzene rings is 1. The zero-order valence-electron chi connectivity index (χ0n) is 8.85. The SMILES string of the molecule is CC(CO)Cc1ccc2ncccc2c1. The first-order chi connectivity index (χ1) is 7.29. The summed E-state index contributed by atoms with van der Waals surface area (Å²) >= 11 is 0. The predicted octanol–water partition coefficient (Wildman–Crippen LogP) is 2.41. The highest BCUT2D eigenvalue weighted by Gasteiger charge is 2.02. The van der Waals surface area contributed by atoms with Gasteiger partial charge >= 0.3 is 0 Å². The normalized spacial score (nSPS) is 12.9. The molecule has 2 heteroatoms. The number of aromatic nitrogens is 1. The van der Waals surface area contributed by atoms with Gasteiger partial charge in [-0.1, -0.05) is 19.1 Å². The van der Waals surface area contributed by atoms with Crippen molar-refractivity contribution in [2.45, 2.75) is 13.3 Å². The minimum Gasteiger partial charge on any atom is -0.396 e. The van der Waals surface area contributed by atoms with Crippen molar-refractivity contribution >= 4 is 10.9 Å². The van der Waals surface area contributed by atoms with E-state index in [0.717, 1.165) is 11.9 Å². The molecule has 1 unspecified atom stereocenters. The Kier molecular flexibility index (Phi) is 2.97. The molecule has 1 N–H and O–H groups in total. The number of aliphatic hydroxyl groups is 1. The average Bonchev–Trinajstić information content (AvgIpc) is 2.29. The zero-order valence-corrected chi connectivity index (χ0v) is 8.85. The Balaban J connectivity index is 2.30. The topological polar surface area (TPSA) is 33.1 Å². The quantitative estimate of drug-likeness (QED) is 0.827. The highest BCUT2D eigenvalue weighted by atomic mass is 16.3. The number of hydrogen-bond acceptors (Lipinski definition) is 2. The van der Waals surface area contributed by atoms with Gasteiger partial charge < -0.3 is 5.11 Å². The van der Waals surface area contributed by atoms with Gasteiger partial charge in [0, 0.05) is 18.2 Å². The van der Waals surface area contributed by atoms with E-state index in [1.54, 1.807) is 6.20 Å². The average molecular weight is 201 g/mol. The Morgan fingerprint density at radius 2 is 2.20 bits per heavy atom. The molecule has 1 heterocycles. The fourth-order valence-corrected chi connectivity index (χ4v) is 1.72. The van der Waals surface area contributed by atoms with Crippen molar-refractivity contribution in [3.8, 4) is 0 Å².